The van der Waals surface area contributed by atoms with Crippen molar-refractivity contribution in [2.75, 3.05) is 38.5 Å². The molecule has 23 heavy (non-hydrogen) atoms. The highest BCUT2D eigenvalue weighted by Crippen LogP contribution is 2.15. The van der Waals surface area contributed by atoms with Gasteiger partial charge in [-0.25, -0.2) is 0 Å². The maximum absolute atomic E-state index is 12.4. The third kappa shape index (κ3) is 3.84. The van der Waals surface area contributed by atoms with E-state index < -0.39 is 0 Å². The predicted octanol–water partition coefficient (Wildman–Crippen LogP) is 1.92. The summed E-state index contributed by atoms with van der Waals surface area (Å²) in [5.74, 6) is 0.580. The lowest BCUT2D eigenvalue weighted by Gasteiger charge is -2.32. The molecule has 0 unspecified atom stereocenters. The molecule has 1 amide bonds. The van der Waals surface area contributed by atoms with Crippen LogP contribution in [0.15, 0.2) is 36.4 Å². The van der Waals surface area contributed by atoms with Crippen LogP contribution < -0.4 is 5.32 Å². The number of nitrogens with zero attached hydrogens (tertiary/aromatic N) is 4. The molecule has 1 aliphatic rings. The van der Waals surface area contributed by atoms with E-state index in [0.29, 0.717) is 11.5 Å². The maximum Gasteiger partial charge on any atom is 0.274 e. The summed E-state index contributed by atoms with van der Waals surface area (Å²) in [6, 6.07) is 11.5. The van der Waals surface area contributed by atoms with Crippen LogP contribution >= 0.6 is 0 Å². The second-order valence-electron chi connectivity index (χ2n) is 5.89. The zero-order chi connectivity index (χ0) is 16.2. The number of likely N-dealkylation sites (N-methyl/N-ethyl adjacent to an activating group) is 1. The topological polar surface area (TPSA) is 61.4 Å². The Balaban J connectivity index is 1.64. The summed E-state index contributed by atoms with van der Waals surface area (Å²) in [7, 11) is 2.06. The van der Waals surface area contributed by atoms with Gasteiger partial charge >= 0.3 is 0 Å². The van der Waals surface area contributed by atoms with Crippen molar-refractivity contribution in [2.45, 2.75) is 6.92 Å². The summed E-state index contributed by atoms with van der Waals surface area (Å²) in [5.41, 5.74) is 2.54. The normalized spacial score (nSPS) is 15.5. The van der Waals surface area contributed by atoms with Crippen LogP contribution in [0.25, 0.3) is 0 Å². The van der Waals surface area contributed by atoms with E-state index in [9.17, 15) is 4.79 Å². The number of benzene rings is 1. The number of hydrogen-bond acceptors (Lipinski definition) is 5. The molecule has 2 aromatic rings. The van der Waals surface area contributed by atoms with E-state index in [4.69, 9.17) is 0 Å². The number of anilines is 2. The van der Waals surface area contributed by atoms with Gasteiger partial charge in [-0.2, -0.15) is 0 Å². The summed E-state index contributed by atoms with van der Waals surface area (Å²) < 4.78 is 0. The Labute approximate surface area is 136 Å². The average Bonchev–Trinajstić information content (AvgIpc) is 2.58. The molecule has 1 fully saturated rings. The molecule has 2 heterocycles. The highest BCUT2D eigenvalue weighted by atomic mass is 16.2. The minimum atomic E-state index is -0.0486. The summed E-state index contributed by atoms with van der Waals surface area (Å²) >= 11 is 0. The largest absolute Gasteiger partial charge is 0.339 e. The molecule has 120 valence electrons. The Bertz CT molecular complexity index is 660. The van der Waals surface area contributed by atoms with Crippen molar-refractivity contribution >= 4 is 17.4 Å². The molecule has 0 aliphatic carbocycles. The lowest BCUT2D eigenvalue weighted by molar-refractivity contribution is 0.0657. The number of hydrogen-bond donors (Lipinski definition) is 1. The zero-order valence-electron chi connectivity index (χ0n) is 13.5. The molecule has 1 saturated heterocycles. The van der Waals surface area contributed by atoms with Gasteiger partial charge in [0.05, 0.1) is 0 Å². The van der Waals surface area contributed by atoms with E-state index in [2.05, 4.69) is 27.5 Å². The molecular formula is C17H21N5O. The predicted molar refractivity (Wildman–Crippen MR) is 89.9 cm³/mol. The van der Waals surface area contributed by atoms with Crippen LogP contribution in [0.2, 0.25) is 0 Å². The van der Waals surface area contributed by atoms with Crippen molar-refractivity contribution in [1.82, 2.24) is 20.0 Å². The first kappa shape index (κ1) is 15.4. The molecular weight excluding hydrogens is 290 g/mol. The Morgan fingerprint density at radius 3 is 2.30 bits per heavy atom. The van der Waals surface area contributed by atoms with E-state index in [1.54, 1.807) is 12.1 Å². The lowest BCUT2D eigenvalue weighted by Crippen LogP contribution is -2.47. The van der Waals surface area contributed by atoms with E-state index in [0.717, 1.165) is 31.9 Å². The van der Waals surface area contributed by atoms with Gasteiger partial charge < -0.3 is 15.1 Å². The van der Waals surface area contributed by atoms with Crippen LogP contribution in [-0.4, -0.2) is 59.1 Å². The monoisotopic (exact) mass is 311 g/mol. The van der Waals surface area contributed by atoms with Gasteiger partial charge in [-0.15, -0.1) is 10.2 Å². The van der Waals surface area contributed by atoms with Crippen molar-refractivity contribution in [3.63, 3.8) is 0 Å². The van der Waals surface area contributed by atoms with Gasteiger partial charge in [-0.3, -0.25) is 4.79 Å². The molecule has 0 bridgehead atoms. The standard InChI is InChI=1S/C17H21N5O/c1-13-3-5-14(6-4-13)18-16-8-7-15(19-20-16)17(23)22-11-9-21(2)10-12-22/h3-8H,9-12H2,1-2H3,(H,18,20). The van der Waals surface area contributed by atoms with E-state index >= 15 is 0 Å². The fraction of sp³-hybridized carbons (Fsp3) is 0.353. The van der Waals surface area contributed by atoms with E-state index in [-0.39, 0.29) is 5.91 Å². The lowest BCUT2D eigenvalue weighted by atomic mass is 10.2. The number of aromatic nitrogens is 2. The summed E-state index contributed by atoms with van der Waals surface area (Å²) in [6.45, 7) is 5.31. The Morgan fingerprint density at radius 1 is 1.00 bits per heavy atom. The molecule has 0 saturated carbocycles. The van der Waals surface area contributed by atoms with Crippen molar-refractivity contribution in [3.05, 3.63) is 47.7 Å². The molecule has 1 N–H and O–H groups in total. The average molecular weight is 311 g/mol. The first-order valence-corrected chi connectivity index (χ1v) is 7.77. The molecule has 0 radical (unpaired) electrons. The molecule has 6 nitrogen and oxygen atoms in total. The molecule has 1 aliphatic heterocycles. The summed E-state index contributed by atoms with van der Waals surface area (Å²) in [5, 5.41) is 11.4. The van der Waals surface area contributed by atoms with Crippen LogP contribution in [0, 0.1) is 6.92 Å². The minimum Gasteiger partial charge on any atom is -0.339 e. The van der Waals surface area contributed by atoms with E-state index in [1.165, 1.54) is 5.56 Å². The van der Waals surface area contributed by atoms with Crippen molar-refractivity contribution < 1.29 is 4.79 Å². The van der Waals surface area contributed by atoms with E-state index in [1.807, 2.05) is 36.1 Å². The fourth-order valence-corrected chi connectivity index (χ4v) is 2.47. The quantitative estimate of drug-likeness (QED) is 0.938. The molecule has 0 atom stereocenters. The molecule has 1 aromatic carbocycles. The van der Waals surface area contributed by atoms with Crippen LogP contribution in [0.5, 0.6) is 0 Å². The number of rotatable bonds is 3. The van der Waals surface area contributed by atoms with Gasteiger partial charge in [0.25, 0.3) is 5.91 Å². The number of amides is 1. The van der Waals surface area contributed by atoms with Crippen molar-refractivity contribution in [2.24, 2.45) is 0 Å². The summed E-state index contributed by atoms with van der Waals surface area (Å²) in [4.78, 5) is 16.4. The second kappa shape index (κ2) is 6.75. The molecule has 1 aromatic heterocycles. The van der Waals surface area contributed by atoms with Crippen molar-refractivity contribution in [1.29, 1.82) is 0 Å². The number of carbonyl (C=O) groups is 1. The minimum absolute atomic E-state index is 0.0486. The van der Waals surface area contributed by atoms with Crippen LogP contribution in [-0.2, 0) is 0 Å². The molecule has 6 heteroatoms. The van der Waals surface area contributed by atoms with Gasteiger partial charge in [-0.1, -0.05) is 17.7 Å². The Hall–Kier alpha value is -2.47. The number of carbonyl (C=O) groups excluding carboxylic acids is 1. The highest BCUT2D eigenvalue weighted by molar-refractivity contribution is 5.92. The third-order valence-electron chi connectivity index (χ3n) is 4.00. The Kier molecular flexibility index (Phi) is 4.52. The zero-order valence-corrected chi connectivity index (χ0v) is 13.5. The van der Waals surface area contributed by atoms with Crippen molar-refractivity contribution in [3.8, 4) is 0 Å². The van der Waals surface area contributed by atoms with Crippen LogP contribution in [0.1, 0.15) is 16.1 Å². The first-order chi connectivity index (χ1) is 11.1. The third-order valence-corrected chi connectivity index (χ3v) is 4.00. The summed E-state index contributed by atoms with van der Waals surface area (Å²) in [6.07, 6.45) is 0. The van der Waals surface area contributed by atoms with Crippen LogP contribution in [0.4, 0.5) is 11.5 Å². The Morgan fingerprint density at radius 2 is 1.70 bits per heavy atom. The number of aryl methyl sites for hydroxylation is 1. The number of nitrogens with one attached hydrogen (secondary N) is 1. The second-order valence-corrected chi connectivity index (χ2v) is 5.89. The highest BCUT2D eigenvalue weighted by Gasteiger charge is 2.21. The smallest absolute Gasteiger partial charge is 0.274 e. The fourth-order valence-electron chi connectivity index (χ4n) is 2.47. The van der Waals surface area contributed by atoms with Gasteiger partial charge in [-0.05, 0) is 38.2 Å². The van der Waals surface area contributed by atoms with Crippen LogP contribution in [0.3, 0.4) is 0 Å². The van der Waals surface area contributed by atoms with Gasteiger partial charge in [0.1, 0.15) is 0 Å². The SMILES string of the molecule is Cc1ccc(Nc2ccc(C(=O)N3CCN(C)CC3)nn2)cc1. The van der Waals surface area contributed by atoms with Gasteiger partial charge in [0.15, 0.2) is 11.5 Å². The van der Waals surface area contributed by atoms with Gasteiger partial charge in [0.2, 0.25) is 0 Å². The van der Waals surface area contributed by atoms with Gasteiger partial charge in [0, 0.05) is 31.9 Å². The number of piperazine rings is 1. The maximum atomic E-state index is 12.4. The molecule has 0 spiro atoms. The molecule has 3 rings (SSSR count). The first-order valence-electron chi connectivity index (χ1n) is 7.77.